The van der Waals surface area contributed by atoms with Gasteiger partial charge < -0.3 is 10.0 Å². The number of hydrogen-bond acceptors (Lipinski definition) is 4. The van der Waals surface area contributed by atoms with Crippen LogP contribution in [0.3, 0.4) is 0 Å². The summed E-state index contributed by atoms with van der Waals surface area (Å²) in [5.74, 6) is -0.182. The highest BCUT2D eigenvalue weighted by Crippen LogP contribution is 2.27. The number of benzene rings is 3. The molecule has 4 aromatic rings. The summed E-state index contributed by atoms with van der Waals surface area (Å²) >= 11 is 0. The molecule has 1 N–H and O–H groups in total. The predicted octanol–water partition coefficient (Wildman–Crippen LogP) is 4.11. The lowest BCUT2D eigenvalue weighted by molar-refractivity contribution is -0.133. The van der Waals surface area contributed by atoms with Crippen molar-refractivity contribution in [1.29, 1.82) is 0 Å². The van der Waals surface area contributed by atoms with Crippen LogP contribution in [0.15, 0.2) is 97.2 Å². The van der Waals surface area contributed by atoms with Gasteiger partial charge in [-0.05, 0) is 28.8 Å². The molecule has 1 aromatic heterocycles. The van der Waals surface area contributed by atoms with Crippen LogP contribution in [0.1, 0.15) is 24.0 Å². The molecule has 0 radical (unpaired) electrons. The van der Waals surface area contributed by atoms with E-state index >= 15 is 0 Å². The molecule has 1 unspecified atom stereocenters. The van der Waals surface area contributed by atoms with Crippen LogP contribution in [0, 0.1) is 0 Å². The molecule has 0 bridgehead atoms. The molecule has 178 valence electrons. The molecule has 0 saturated carbocycles. The lowest BCUT2D eigenvalue weighted by Crippen LogP contribution is -2.51. The van der Waals surface area contributed by atoms with Gasteiger partial charge in [0.2, 0.25) is 5.91 Å². The molecule has 5 nitrogen and oxygen atoms in total. The van der Waals surface area contributed by atoms with Crippen molar-refractivity contribution in [3.8, 4) is 0 Å². The summed E-state index contributed by atoms with van der Waals surface area (Å²) in [6, 6.07) is 29.4. The van der Waals surface area contributed by atoms with Crippen LogP contribution in [0.5, 0.6) is 0 Å². The molecule has 5 heteroatoms. The Balaban J connectivity index is 1.21. The molecule has 1 atom stereocenters. The van der Waals surface area contributed by atoms with Crippen LogP contribution >= 0.6 is 0 Å². The van der Waals surface area contributed by atoms with E-state index in [0.717, 1.165) is 40.7 Å². The van der Waals surface area contributed by atoms with Crippen molar-refractivity contribution in [2.75, 3.05) is 32.7 Å². The molecule has 1 fully saturated rings. The number of carbonyl (C=O) groups is 1. The van der Waals surface area contributed by atoms with Gasteiger partial charge in [-0.1, -0.05) is 78.9 Å². The molecule has 2 heterocycles. The number of piperazine rings is 1. The number of aliphatic hydroxyl groups excluding tert-OH is 1. The van der Waals surface area contributed by atoms with Crippen molar-refractivity contribution in [2.24, 2.45) is 0 Å². The summed E-state index contributed by atoms with van der Waals surface area (Å²) in [4.78, 5) is 22.1. The molecular weight excluding hydrogens is 434 g/mol. The smallest absolute Gasteiger partial charge is 0.234 e. The van der Waals surface area contributed by atoms with Crippen molar-refractivity contribution in [3.05, 3.63) is 114 Å². The number of nitrogens with zero attached hydrogens (tertiary/aromatic N) is 3. The summed E-state index contributed by atoms with van der Waals surface area (Å²) in [5, 5.41) is 11.8. The van der Waals surface area contributed by atoms with Crippen LogP contribution < -0.4 is 0 Å². The first kappa shape index (κ1) is 22.0. The Morgan fingerprint density at radius 1 is 0.857 bits per heavy atom. The minimum Gasteiger partial charge on any atom is -0.391 e. The zero-order chi connectivity index (χ0) is 24.9. The molecule has 0 spiro atoms. The summed E-state index contributed by atoms with van der Waals surface area (Å²) in [5.41, 5.74) is 3.84. The summed E-state index contributed by atoms with van der Waals surface area (Å²) in [6.45, 7) is 3.32. The number of fused-ring (bicyclic) bond motifs is 1. The third-order valence-electron chi connectivity index (χ3n) is 6.80. The minimum absolute atomic E-state index is 0.129. The fraction of sp³-hybridized carbons (Fsp3) is 0.267. The molecule has 5 rings (SSSR count). The normalized spacial score (nSPS) is 15.8. The van der Waals surface area contributed by atoms with Gasteiger partial charge >= 0.3 is 0 Å². The van der Waals surface area contributed by atoms with Gasteiger partial charge in [0.25, 0.3) is 0 Å². The second kappa shape index (κ2) is 10.8. The summed E-state index contributed by atoms with van der Waals surface area (Å²) < 4.78 is 7.73. The fourth-order valence-electron chi connectivity index (χ4n) is 5.01. The largest absolute Gasteiger partial charge is 0.391 e. The Bertz CT molecular complexity index is 1270. The van der Waals surface area contributed by atoms with Gasteiger partial charge in [0, 0.05) is 50.7 Å². The van der Waals surface area contributed by atoms with E-state index in [4.69, 9.17) is 1.37 Å². The highest BCUT2D eigenvalue weighted by atomic mass is 16.3. The van der Waals surface area contributed by atoms with Crippen LogP contribution in [-0.2, 0) is 11.2 Å². The number of aromatic nitrogens is 1. The average Bonchev–Trinajstić information content (AvgIpc) is 2.90. The first-order valence-electron chi connectivity index (χ1n) is 12.7. The summed E-state index contributed by atoms with van der Waals surface area (Å²) in [7, 11) is 0. The van der Waals surface area contributed by atoms with Crippen LogP contribution in [0.4, 0.5) is 0 Å². The maximum Gasteiger partial charge on any atom is 0.234 e. The zero-order valence-corrected chi connectivity index (χ0v) is 19.8. The summed E-state index contributed by atoms with van der Waals surface area (Å²) in [6.07, 6.45) is 0.254. The van der Waals surface area contributed by atoms with E-state index in [1.54, 1.807) is 6.07 Å². The Hall–Kier alpha value is -3.54. The molecule has 1 aliphatic heterocycles. The average molecular weight is 467 g/mol. The number of amides is 1. The minimum atomic E-state index is -0.519. The van der Waals surface area contributed by atoms with Crippen LogP contribution in [-0.4, -0.2) is 64.6 Å². The first-order valence-corrected chi connectivity index (χ1v) is 12.2. The molecular formula is C30H31N3O2. The van der Waals surface area contributed by atoms with Crippen molar-refractivity contribution < 1.29 is 11.3 Å². The first-order chi connectivity index (χ1) is 17.6. The van der Waals surface area contributed by atoms with E-state index in [-0.39, 0.29) is 18.0 Å². The second-order valence-electron chi connectivity index (χ2n) is 9.16. The number of pyridine rings is 1. The van der Waals surface area contributed by atoms with E-state index in [0.29, 0.717) is 26.1 Å². The van der Waals surface area contributed by atoms with Crippen molar-refractivity contribution >= 4 is 16.8 Å². The van der Waals surface area contributed by atoms with Gasteiger partial charge in [-0.2, -0.15) is 0 Å². The van der Waals surface area contributed by atoms with Gasteiger partial charge in [-0.25, -0.2) is 0 Å². The van der Waals surface area contributed by atoms with Gasteiger partial charge in [-0.15, -0.1) is 0 Å². The van der Waals surface area contributed by atoms with E-state index in [9.17, 15) is 9.90 Å². The Kier molecular flexibility index (Phi) is 6.78. The van der Waals surface area contributed by atoms with E-state index in [1.165, 1.54) is 0 Å². The number of rotatable bonds is 7. The highest BCUT2D eigenvalue weighted by Gasteiger charge is 2.30. The number of hydrogen-bond donors (Lipinski definition) is 1. The van der Waals surface area contributed by atoms with Gasteiger partial charge in [0.05, 0.1) is 18.9 Å². The lowest BCUT2D eigenvalue weighted by atomic mass is 9.90. The molecule has 1 aliphatic rings. The van der Waals surface area contributed by atoms with E-state index < -0.39 is 6.10 Å². The van der Waals surface area contributed by atoms with Crippen LogP contribution in [0.25, 0.3) is 10.9 Å². The van der Waals surface area contributed by atoms with Crippen molar-refractivity contribution in [2.45, 2.75) is 18.4 Å². The number of carbonyl (C=O) groups excluding carboxylic acids is 1. The number of β-amino-alcohol motifs (C(OH)–C–C–N with tert-alkyl or cyclic N) is 1. The van der Waals surface area contributed by atoms with E-state index in [1.807, 2.05) is 89.8 Å². The van der Waals surface area contributed by atoms with E-state index in [2.05, 4.69) is 9.88 Å². The maximum atomic E-state index is 13.7. The molecule has 3 aromatic carbocycles. The second-order valence-corrected chi connectivity index (χ2v) is 9.16. The van der Waals surface area contributed by atoms with Gasteiger partial charge in [0.15, 0.2) is 0 Å². The molecule has 1 amide bonds. The lowest BCUT2D eigenvalue weighted by Gasteiger charge is -2.37. The molecule has 0 aliphatic carbocycles. The zero-order valence-electron chi connectivity index (χ0n) is 20.8. The SMILES string of the molecule is [2H]c1ccc2c(CC(O)CN3CCN(C(=O)C(c4ccccc4)c4ccccc4)CC3)cccc2n1. The Morgan fingerprint density at radius 3 is 2.17 bits per heavy atom. The quantitative estimate of drug-likeness (QED) is 0.445. The predicted molar refractivity (Wildman–Crippen MR) is 139 cm³/mol. The van der Waals surface area contributed by atoms with Gasteiger partial charge in [-0.3, -0.25) is 14.7 Å². The Labute approximate surface area is 208 Å². The topological polar surface area (TPSA) is 56.7 Å². The molecule has 35 heavy (non-hydrogen) atoms. The molecule has 1 saturated heterocycles. The monoisotopic (exact) mass is 466 g/mol. The number of aliphatic hydroxyl groups is 1. The van der Waals surface area contributed by atoms with Crippen molar-refractivity contribution in [1.82, 2.24) is 14.8 Å². The van der Waals surface area contributed by atoms with Crippen LogP contribution in [0.2, 0.25) is 0 Å². The van der Waals surface area contributed by atoms with Crippen molar-refractivity contribution in [3.63, 3.8) is 0 Å². The van der Waals surface area contributed by atoms with Gasteiger partial charge in [0.1, 0.15) is 0 Å². The fourth-order valence-corrected chi connectivity index (χ4v) is 5.01. The Morgan fingerprint density at radius 2 is 1.51 bits per heavy atom. The third kappa shape index (κ3) is 5.42. The standard InChI is InChI=1S/C30H31N3O2/c34-26(21-25-13-7-15-28-27(25)14-8-16-31-28)22-32-17-19-33(20-18-32)30(35)29(23-9-3-1-4-10-23)24-11-5-2-6-12-24/h1-16,26,29,34H,17-22H2/i16D. The third-order valence-corrected chi connectivity index (χ3v) is 6.80. The maximum absolute atomic E-state index is 13.7. The highest BCUT2D eigenvalue weighted by molar-refractivity contribution is 5.87.